The van der Waals surface area contributed by atoms with Gasteiger partial charge in [0.1, 0.15) is 17.7 Å². The number of aromatic nitrogens is 1. The van der Waals surface area contributed by atoms with Crippen molar-refractivity contribution < 1.29 is 28.6 Å². The SMILES string of the molecule is C[C@H](CO)N1C[C@H](C)[C@H](CN(C)C(=O)Nc2ccc(F)cc2)Oc2ccc(NC(=O)Cc3cn(C)c4ccccc34)cc2C1=O. The van der Waals surface area contributed by atoms with E-state index >= 15 is 0 Å². The molecule has 4 amide bonds. The Hall–Kier alpha value is -4.90. The van der Waals surface area contributed by atoms with Crippen molar-refractivity contribution in [2.24, 2.45) is 13.0 Å². The van der Waals surface area contributed by atoms with Crippen LogP contribution >= 0.6 is 0 Å². The molecule has 0 fully saturated rings. The van der Waals surface area contributed by atoms with Crippen molar-refractivity contribution in [3.05, 3.63) is 89.9 Å². The van der Waals surface area contributed by atoms with Gasteiger partial charge in [-0.1, -0.05) is 25.1 Å². The Morgan fingerprint density at radius 3 is 2.53 bits per heavy atom. The molecule has 10 nitrogen and oxygen atoms in total. The normalized spacial score (nSPS) is 17.1. The zero-order valence-electron chi connectivity index (χ0n) is 25.8. The molecule has 3 atom stereocenters. The first-order chi connectivity index (χ1) is 21.5. The van der Waals surface area contributed by atoms with Crippen LogP contribution in [0.1, 0.15) is 29.8 Å². The number of benzene rings is 3. The van der Waals surface area contributed by atoms with Gasteiger partial charge in [-0.05, 0) is 61.0 Å². The summed E-state index contributed by atoms with van der Waals surface area (Å²) in [5.74, 6) is -0.861. The number of fused-ring (bicyclic) bond motifs is 2. The summed E-state index contributed by atoms with van der Waals surface area (Å²) < 4.78 is 21.7. The van der Waals surface area contributed by atoms with Crippen LogP contribution in [0.25, 0.3) is 10.9 Å². The second-order valence-electron chi connectivity index (χ2n) is 11.7. The maximum absolute atomic E-state index is 13.8. The number of amides is 4. The molecule has 0 radical (unpaired) electrons. The molecule has 3 N–H and O–H groups in total. The first kappa shape index (κ1) is 31.5. The monoisotopic (exact) mass is 615 g/mol. The van der Waals surface area contributed by atoms with Crippen LogP contribution in [0.4, 0.5) is 20.6 Å². The number of carbonyl (C=O) groups is 3. The number of halogens is 1. The van der Waals surface area contributed by atoms with Gasteiger partial charge in [-0.2, -0.15) is 0 Å². The summed E-state index contributed by atoms with van der Waals surface area (Å²) in [4.78, 5) is 42.9. The Bertz CT molecular complexity index is 1710. The van der Waals surface area contributed by atoms with Crippen LogP contribution in [0, 0.1) is 11.7 Å². The number of rotatable bonds is 8. The van der Waals surface area contributed by atoms with Crippen molar-refractivity contribution in [1.82, 2.24) is 14.4 Å². The zero-order valence-corrected chi connectivity index (χ0v) is 25.8. The zero-order chi connectivity index (χ0) is 32.2. The number of ether oxygens (including phenoxy) is 1. The number of nitrogens with one attached hydrogen (secondary N) is 2. The number of para-hydroxylation sites is 1. The minimum atomic E-state index is -0.513. The number of likely N-dealkylation sites (N-methyl/N-ethyl adjacent to an activating group) is 1. The van der Waals surface area contributed by atoms with Crippen LogP contribution in [0.2, 0.25) is 0 Å². The van der Waals surface area contributed by atoms with Crippen LogP contribution in [0.5, 0.6) is 5.75 Å². The van der Waals surface area contributed by atoms with E-state index in [1.54, 1.807) is 37.1 Å². The quantitative estimate of drug-likeness (QED) is 0.261. The predicted molar refractivity (Wildman–Crippen MR) is 171 cm³/mol. The Morgan fingerprint density at radius 2 is 1.80 bits per heavy atom. The molecule has 0 bridgehead atoms. The molecule has 2 heterocycles. The highest BCUT2D eigenvalue weighted by atomic mass is 19.1. The maximum Gasteiger partial charge on any atom is 0.321 e. The van der Waals surface area contributed by atoms with E-state index in [9.17, 15) is 23.9 Å². The average molecular weight is 616 g/mol. The predicted octanol–water partition coefficient (Wildman–Crippen LogP) is 4.88. The van der Waals surface area contributed by atoms with Crippen LogP contribution in [0.3, 0.4) is 0 Å². The van der Waals surface area contributed by atoms with Gasteiger partial charge in [-0.15, -0.1) is 0 Å². The Balaban J connectivity index is 1.36. The van der Waals surface area contributed by atoms with Gasteiger partial charge in [0.15, 0.2) is 0 Å². The number of nitrogens with zero attached hydrogens (tertiary/aromatic N) is 3. The molecule has 1 aliphatic heterocycles. The molecule has 4 aromatic rings. The third-order valence-corrected chi connectivity index (χ3v) is 8.18. The average Bonchev–Trinajstić information content (AvgIpc) is 3.34. The molecule has 5 rings (SSSR count). The Morgan fingerprint density at radius 1 is 1.09 bits per heavy atom. The third kappa shape index (κ3) is 7.09. The van der Waals surface area contributed by atoms with E-state index in [1.807, 2.05) is 49.0 Å². The van der Waals surface area contributed by atoms with Crippen LogP contribution in [0.15, 0.2) is 72.9 Å². The molecule has 0 saturated heterocycles. The number of aliphatic hydroxyl groups excluding tert-OH is 1. The lowest BCUT2D eigenvalue weighted by Gasteiger charge is -2.38. The molecule has 1 aliphatic rings. The first-order valence-electron chi connectivity index (χ1n) is 14.9. The number of aryl methyl sites for hydroxylation is 1. The highest BCUT2D eigenvalue weighted by Gasteiger charge is 2.34. The summed E-state index contributed by atoms with van der Waals surface area (Å²) in [5.41, 5.74) is 3.06. The van der Waals surface area contributed by atoms with Crippen LogP contribution in [-0.4, -0.2) is 76.2 Å². The summed E-state index contributed by atoms with van der Waals surface area (Å²) in [6.45, 7) is 3.91. The lowest BCUT2D eigenvalue weighted by molar-refractivity contribution is -0.115. The van der Waals surface area contributed by atoms with Gasteiger partial charge in [0.05, 0.1) is 31.2 Å². The summed E-state index contributed by atoms with van der Waals surface area (Å²) in [6.07, 6.45) is 1.58. The molecule has 11 heteroatoms. The van der Waals surface area contributed by atoms with Crippen molar-refractivity contribution in [2.45, 2.75) is 32.4 Å². The molecular weight excluding hydrogens is 577 g/mol. The number of carbonyl (C=O) groups excluding carboxylic acids is 3. The topological polar surface area (TPSA) is 116 Å². The number of aliphatic hydroxyl groups is 1. The Kier molecular flexibility index (Phi) is 9.38. The second-order valence-corrected chi connectivity index (χ2v) is 11.7. The minimum absolute atomic E-state index is 0.155. The van der Waals surface area contributed by atoms with Crippen molar-refractivity contribution in [2.75, 3.05) is 37.4 Å². The molecule has 3 aromatic carbocycles. The lowest BCUT2D eigenvalue weighted by Crippen LogP contribution is -2.50. The molecule has 0 aliphatic carbocycles. The molecule has 236 valence electrons. The Labute approximate surface area is 261 Å². The summed E-state index contributed by atoms with van der Waals surface area (Å²) in [7, 11) is 3.57. The van der Waals surface area contributed by atoms with Crippen molar-refractivity contribution in [3.8, 4) is 5.75 Å². The van der Waals surface area contributed by atoms with E-state index in [-0.39, 0.29) is 49.4 Å². The largest absolute Gasteiger partial charge is 0.487 e. The van der Waals surface area contributed by atoms with Gasteiger partial charge < -0.3 is 34.8 Å². The fourth-order valence-electron chi connectivity index (χ4n) is 5.57. The summed E-state index contributed by atoms with van der Waals surface area (Å²) in [6, 6.07) is 17.4. The lowest BCUT2D eigenvalue weighted by atomic mass is 9.99. The highest BCUT2D eigenvalue weighted by Crippen LogP contribution is 2.31. The molecular formula is C34H38FN5O5. The fraction of sp³-hybridized carbons (Fsp3) is 0.324. The number of anilines is 2. The van der Waals surface area contributed by atoms with Gasteiger partial charge >= 0.3 is 6.03 Å². The molecule has 45 heavy (non-hydrogen) atoms. The summed E-state index contributed by atoms with van der Waals surface area (Å²) in [5, 5.41) is 16.6. The van der Waals surface area contributed by atoms with E-state index < -0.39 is 24.0 Å². The van der Waals surface area contributed by atoms with Gasteiger partial charge in [0.25, 0.3) is 5.91 Å². The van der Waals surface area contributed by atoms with Crippen LogP contribution < -0.4 is 15.4 Å². The van der Waals surface area contributed by atoms with Gasteiger partial charge in [0, 0.05) is 55.0 Å². The van der Waals surface area contributed by atoms with Crippen molar-refractivity contribution in [1.29, 1.82) is 0 Å². The summed E-state index contributed by atoms with van der Waals surface area (Å²) >= 11 is 0. The van der Waals surface area contributed by atoms with Crippen LogP contribution in [-0.2, 0) is 18.3 Å². The molecule has 0 spiro atoms. The fourth-order valence-corrected chi connectivity index (χ4v) is 5.57. The van der Waals surface area contributed by atoms with Gasteiger partial charge in [-0.3, -0.25) is 9.59 Å². The number of urea groups is 1. The molecule has 1 aromatic heterocycles. The number of hydrogen-bond donors (Lipinski definition) is 3. The molecule has 0 saturated carbocycles. The smallest absolute Gasteiger partial charge is 0.321 e. The third-order valence-electron chi connectivity index (χ3n) is 8.18. The van der Waals surface area contributed by atoms with Crippen molar-refractivity contribution >= 4 is 40.1 Å². The van der Waals surface area contributed by atoms with E-state index in [4.69, 9.17) is 4.74 Å². The highest BCUT2D eigenvalue weighted by molar-refractivity contribution is 6.01. The first-order valence-corrected chi connectivity index (χ1v) is 14.9. The number of hydrogen-bond acceptors (Lipinski definition) is 5. The maximum atomic E-state index is 13.8. The minimum Gasteiger partial charge on any atom is -0.487 e. The second kappa shape index (κ2) is 13.4. The van der Waals surface area contributed by atoms with Gasteiger partial charge in [-0.25, -0.2) is 9.18 Å². The van der Waals surface area contributed by atoms with E-state index in [0.29, 0.717) is 17.1 Å². The van der Waals surface area contributed by atoms with Gasteiger partial charge in [0.2, 0.25) is 5.91 Å². The van der Waals surface area contributed by atoms with E-state index in [2.05, 4.69) is 10.6 Å². The molecule has 0 unspecified atom stereocenters. The van der Waals surface area contributed by atoms with E-state index in [0.717, 1.165) is 16.5 Å². The van der Waals surface area contributed by atoms with E-state index in [1.165, 1.54) is 29.2 Å². The standard InChI is InChI=1S/C34H38FN5O5/c1-21-17-40(22(2)20-41)33(43)28-16-26(36-32(42)15-23-18-38(3)29-8-6-5-7-27(23)29)13-14-30(28)45-31(21)19-39(4)34(44)37-25-11-9-24(35)10-12-25/h5-14,16,18,21-22,31,41H,15,17,19-20H2,1-4H3,(H,36,42)(H,37,44)/t21-,22+,31-/m0/s1. The van der Waals surface area contributed by atoms with Crippen molar-refractivity contribution in [3.63, 3.8) is 0 Å².